The third kappa shape index (κ3) is 2.51. The lowest BCUT2D eigenvalue weighted by atomic mass is 10.9. The monoisotopic (exact) mass is 221 g/mol. The minimum atomic E-state index is -3.91. The lowest BCUT2D eigenvalue weighted by Crippen LogP contribution is -2.21. The van der Waals surface area contributed by atoms with Gasteiger partial charge in [-0.1, -0.05) is 34.8 Å². The van der Waals surface area contributed by atoms with E-state index < -0.39 is 18.7 Å². The Hall–Kier alpha value is 0.310. The maximum absolute atomic E-state index is 10.6. The fourth-order valence-corrected chi connectivity index (χ4v) is 0.991. The van der Waals surface area contributed by atoms with Gasteiger partial charge in [-0.2, -0.15) is 5.26 Å². The van der Waals surface area contributed by atoms with Crippen molar-refractivity contribution in [3.8, 4) is 6.07 Å². The number of rotatable bonds is 1. The molecule has 0 aliphatic carbocycles. The fraction of sp³-hybridized carbons (Fsp3) is 0.667. The van der Waals surface area contributed by atoms with Crippen molar-refractivity contribution >= 4 is 44.6 Å². The molecule has 0 aliphatic heterocycles. The topological polar surface area (TPSA) is 57.9 Å². The molecule has 58 valence electrons. The van der Waals surface area contributed by atoms with Crippen LogP contribution in [-0.4, -0.2) is 17.3 Å². The lowest BCUT2D eigenvalue weighted by molar-refractivity contribution is 0.599. The highest BCUT2D eigenvalue weighted by atomic mass is 35.6. The molecular formula is C3H2Cl3NO2S. The Labute approximate surface area is 73.4 Å². The van der Waals surface area contributed by atoms with E-state index in [1.165, 1.54) is 6.07 Å². The molecule has 0 unspecified atom stereocenters. The van der Waals surface area contributed by atoms with Gasteiger partial charge >= 0.3 is 0 Å². The van der Waals surface area contributed by atoms with E-state index in [0.29, 0.717) is 0 Å². The Morgan fingerprint density at radius 1 is 1.40 bits per heavy atom. The van der Waals surface area contributed by atoms with Gasteiger partial charge in [-0.3, -0.25) is 0 Å². The summed E-state index contributed by atoms with van der Waals surface area (Å²) in [7, 11) is -3.91. The minimum absolute atomic E-state index is 0.788. The number of alkyl halides is 3. The summed E-state index contributed by atoms with van der Waals surface area (Å²) in [5.74, 6) is -0.788. The second kappa shape index (κ2) is 3.14. The Morgan fingerprint density at radius 2 is 1.80 bits per heavy atom. The lowest BCUT2D eigenvalue weighted by Gasteiger charge is -2.07. The number of hydrogen-bond donors (Lipinski definition) is 0. The van der Waals surface area contributed by atoms with Gasteiger partial charge in [-0.05, 0) is 0 Å². The summed E-state index contributed by atoms with van der Waals surface area (Å²) in [6, 6.07) is 1.37. The average molecular weight is 222 g/mol. The van der Waals surface area contributed by atoms with E-state index in [0.717, 1.165) is 0 Å². The van der Waals surface area contributed by atoms with Crippen molar-refractivity contribution < 1.29 is 8.42 Å². The molecule has 0 heterocycles. The van der Waals surface area contributed by atoms with Crippen LogP contribution >= 0.6 is 34.8 Å². The minimum Gasteiger partial charge on any atom is -0.223 e. The summed E-state index contributed by atoms with van der Waals surface area (Å²) in [5, 5.41) is 7.96. The number of sulfone groups is 1. The molecule has 0 saturated carbocycles. The maximum atomic E-state index is 10.6. The zero-order valence-corrected chi connectivity index (χ0v) is 7.60. The normalized spacial score (nSPS) is 12.6. The van der Waals surface area contributed by atoms with Crippen molar-refractivity contribution in [2.45, 2.75) is 3.12 Å². The van der Waals surface area contributed by atoms with E-state index in [2.05, 4.69) is 0 Å². The molecule has 0 spiro atoms. The summed E-state index contributed by atoms with van der Waals surface area (Å²) in [6.45, 7) is 0. The summed E-state index contributed by atoms with van der Waals surface area (Å²) < 4.78 is 18.9. The van der Waals surface area contributed by atoms with Crippen molar-refractivity contribution in [1.82, 2.24) is 0 Å². The Bertz CT molecular complexity index is 246. The molecule has 0 rings (SSSR count). The van der Waals surface area contributed by atoms with Gasteiger partial charge in [0.2, 0.25) is 9.84 Å². The van der Waals surface area contributed by atoms with Crippen LogP contribution in [0.5, 0.6) is 0 Å². The average Bonchev–Trinajstić information content (AvgIpc) is 1.61. The van der Waals surface area contributed by atoms with Crippen molar-refractivity contribution in [1.29, 1.82) is 5.26 Å². The highest BCUT2D eigenvalue weighted by molar-refractivity contribution is 7.97. The van der Waals surface area contributed by atoms with Gasteiger partial charge in [0.05, 0.1) is 6.07 Å². The Kier molecular flexibility index (Phi) is 3.24. The summed E-state index contributed by atoms with van der Waals surface area (Å²) in [5.41, 5.74) is 0. The van der Waals surface area contributed by atoms with Crippen molar-refractivity contribution in [2.75, 3.05) is 5.75 Å². The molecular weight excluding hydrogens is 220 g/mol. The highest BCUT2D eigenvalue weighted by Gasteiger charge is 2.37. The molecule has 0 N–H and O–H groups in total. The van der Waals surface area contributed by atoms with Gasteiger partial charge in [-0.25, -0.2) is 8.42 Å². The van der Waals surface area contributed by atoms with Crippen molar-refractivity contribution in [3.63, 3.8) is 0 Å². The molecule has 0 radical (unpaired) electrons. The predicted octanol–water partition coefficient (Wildman–Crippen LogP) is 1.25. The molecule has 7 heteroatoms. The summed E-state index contributed by atoms with van der Waals surface area (Å²) in [6.07, 6.45) is 0. The first-order chi connectivity index (χ1) is 4.31. The van der Waals surface area contributed by atoms with Crippen LogP contribution in [0.25, 0.3) is 0 Å². The van der Waals surface area contributed by atoms with Crippen molar-refractivity contribution in [2.24, 2.45) is 0 Å². The van der Waals surface area contributed by atoms with E-state index >= 15 is 0 Å². The van der Waals surface area contributed by atoms with Gasteiger partial charge in [-0.15, -0.1) is 0 Å². The number of nitriles is 1. The maximum Gasteiger partial charge on any atom is 0.293 e. The fourth-order valence-electron chi connectivity index (χ4n) is 0.167. The van der Waals surface area contributed by atoms with E-state index in [1.807, 2.05) is 0 Å². The van der Waals surface area contributed by atoms with Gasteiger partial charge < -0.3 is 0 Å². The molecule has 0 bridgehead atoms. The Balaban J connectivity index is 4.65. The summed E-state index contributed by atoms with van der Waals surface area (Å²) in [4.78, 5) is 0. The van der Waals surface area contributed by atoms with Crippen LogP contribution < -0.4 is 0 Å². The molecule has 0 saturated heterocycles. The quantitative estimate of drug-likeness (QED) is 0.628. The molecule has 0 aromatic heterocycles. The third-order valence-electron chi connectivity index (χ3n) is 0.607. The first kappa shape index (κ1) is 10.3. The first-order valence-electron chi connectivity index (χ1n) is 1.97. The van der Waals surface area contributed by atoms with Crippen LogP contribution in [0.2, 0.25) is 0 Å². The van der Waals surface area contributed by atoms with Crippen LogP contribution in [0.1, 0.15) is 0 Å². The van der Waals surface area contributed by atoms with E-state index in [1.54, 1.807) is 0 Å². The van der Waals surface area contributed by atoms with Crippen LogP contribution in [0.15, 0.2) is 0 Å². The SMILES string of the molecule is N#CCS(=O)(=O)C(Cl)(Cl)Cl. The van der Waals surface area contributed by atoms with Gasteiger partial charge in [0, 0.05) is 0 Å². The standard InChI is InChI=1S/C3H2Cl3NO2S/c4-3(5,6)10(8,9)2-1-7/h2H2. The van der Waals surface area contributed by atoms with Gasteiger partial charge in [0.15, 0.2) is 0 Å². The smallest absolute Gasteiger partial charge is 0.223 e. The second-order valence-corrected chi connectivity index (χ2v) is 6.45. The molecule has 0 aromatic carbocycles. The molecule has 3 nitrogen and oxygen atoms in total. The van der Waals surface area contributed by atoms with Crippen molar-refractivity contribution in [3.05, 3.63) is 0 Å². The van der Waals surface area contributed by atoms with Crippen LogP contribution in [0, 0.1) is 11.3 Å². The predicted molar refractivity (Wildman–Crippen MR) is 39.7 cm³/mol. The first-order valence-corrected chi connectivity index (χ1v) is 4.76. The van der Waals surface area contributed by atoms with Crippen LogP contribution in [0.4, 0.5) is 0 Å². The second-order valence-electron chi connectivity index (χ2n) is 1.36. The molecule has 0 aromatic rings. The van der Waals surface area contributed by atoms with E-state index in [9.17, 15) is 8.42 Å². The van der Waals surface area contributed by atoms with E-state index in [4.69, 9.17) is 40.1 Å². The number of hydrogen-bond acceptors (Lipinski definition) is 3. The van der Waals surface area contributed by atoms with Crippen LogP contribution in [-0.2, 0) is 9.84 Å². The molecule has 10 heavy (non-hydrogen) atoms. The molecule has 0 amide bonds. The number of nitrogens with zero attached hydrogens (tertiary/aromatic N) is 1. The summed E-state index contributed by atoms with van der Waals surface area (Å²) >= 11 is 15.0. The molecule has 0 atom stereocenters. The number of halogens is 3. The van der Waals surface area contributed by atoms with Gasteiger partial charge in [0.1, 0.15) is 5.75 Å². The van der Waals surface area contributed by atoms with Gasteiger partial charge in [0.25, 0.3) is 3.12 Å². The zero-order chi connectivity index (χ0) is 8.41. The zero-order valence-electron chi connectivity index (χ0n) is 4.51. The molecule has 0 fully saturated rings. The third-order valence-corrected chi connectivity index (χ3v) is 3.94. The van der Waals surface area contributed by atoms with Crippen LogP contribution in [0.3, 0.4) is 0 Å². The Morgan fingerprint density at radius 3 is 1.90 bits per heavy atom. The highest BCUT2D eigenvalue weighted by Crippen LogP contribution is 2.32. The molecule has 0 aliphatic rings. The van der Waals surface area contributed by atoms with E-state index in [-0.39, 0.29) is 0 Å². The largest absolute Gasteiger partial charge is 0.293 e.